The van der Waals surface area contributed by atoms with Gasteiger partial charge in [0.15, 0.2) is 0 Å². The molecule has 2 unspecified atom stereocenters. The van der Waals surface area contributed by atoms with Gasteiger partial charge < -0.3 is 15.4 Å². The quantitative estimate of drug-likeness (QED) is 0.708. The fourth-order valence-corrected chi connectivity index (χ4v) is 1.91. The fourth-order valence-electron chi connectivity index (χ4n) is 1.91. The van der Waals surface area contributed by atoms with E-state index in [1.165, 1.54) is 0 Å². The van der Waals surface area contributed by atoms with E-state index < -0.39 is 12.6 Å². The van der Waals surface area contributed by atoms with Gasteiger partial charge in [0, 0.05) is 19.0 Å². The lowest BCUT2D eigenvalue weighted by Crippen LogP contribution is -2.44. The number of carbonyl (C=O) groups is 1. The summed E-state index contributed by atoms with van der Waals surface area (Å²) in [6.45, 7) is 3.49. The molecule has 106 valence electrons. The summed E-state index contributed by atoms with van der Waals surface area (Å²) in [6.07, 6.45) is -5.12. The number of nitrogens with one attached hydrogen (secondary N) is 2. The zero-order chi connectivity index (χ0) is 13.6. The maximum absolute atomic E-state index is 11.9. The molecule has 0 saturated carbocycles. The van der Waals surface area contributed by atoms with Crippen LogP contribution in [0.2, 0.25) is 0 Å². The molecule has 1 fully saturated rings. The average Bonchev–Trinajstić information content (AvgIpc) is 2.71. The van der Waals surface area contributed by atoms with Crippen LogP contribution in [0.3, 0.4) is 0 Å². The molecule has 0 aromatic heterocycles. The van der Waals surface area contributed by atoms with Crippen molar-refractivity contribution in [3.05, 3.63) is 0 Å². The Hall–Kier alpha value is -0.820. The molecule has 1 aliphatic heterocycles. The Bertz CT molecular complexity index is 272. The third kappa shape index (κ3) is 5.22. The van der Waals surface area contributed by atoms with Crippen LogP contribution in [0, 0.1) is 5.92 Å². The van der Waals surface area contributed by atoms with Crippen molar-refractivity contribution in [3.63, 3.8) is 0 Å². The van der Waals surface area contributed by atoms with Crippen LogP contribution in [0.25, 0.3) is 0 Å². The van der Waals surface area contributed by atoms with Gasteiger partial charge in [0.25, 0.3) is 0 Å². The van der Waals surface area contributed by atoms with Gasteiger partial charge in [-0.25, -0.2) is 0 Å². The number of halogens is 3. The molecule has 1 rings (SSSR count). The summed E-state index contributed by atoms with van der Waals surface area (Å²) in [6, 6.07) is -0.0439. The van der Waals surface area contributed by atoms with Crippen LogP contribution in [0.15, 0.2) is 0 Å². The van der Waals surface area contributed by atoms with Crippen LogP contribution < -0.4 is 10.6 Å². The van der Waals surface area contributed by atoms with E-state index in [0.29, 0.717) is 13.2 Å². The first-order valence-corrected chi connectivity index (χ1v) is 6.09. The summed E-state index contributed by atoms with van der Waals surface area (Å²) < 4.78 is 40.9. The molecule has 0 aromatic rings. The molecule has 1 aliphatic rings. The number of hydrogen-bond acceptors (Lipinski definition) is 3. The average molecular weight is 268 g/mol. The summed E-state index contributed by atoms with van der Waals surface area (Å²) in [5.41, 5.74) is 0. The topological polar surface area (TPSA) is 50.4 Å². The van der Waals surface area contributed by atoms with Crippen molar-refractivity contribution >= 4 is 5.91 Å². The largest absolute Gasteiger partial charge is 0.389 e. The molecule has 0 aromatic carbocycles. The van der Waals surface area contributed by atoms with Gasteiger partial charge in [0.2, 0.25) is 5.91 Å². The molecule has 2 atom stereocenters. The maximum Gasteiger partial charge on any atom is 0.389 e. The highest BCUT2D eigenvalue weighted by atomic mass is 19.4. The number of alkyl halides is 3. The van der Waals surface area contributed by atoms with E-state index in [-0.39, 0.29) is 30.8 Å². The van der Waals surface area contributed by atoms with Crippen molar-refractivity contribution in [2.24, 2.45) is 5.92 Å². The molecule has 1 amide bonds. The van der Waals surface area contributed by atoms with Crippen molar-refractivity contribution < 1.29 is 22.7 Å². The lowest BCUT2D eigenvalue weighted by Gasteiger charge is -2.17. The van der Waals surface area contributed by atoms with Gasteiger partial charge in [-0.15, -0.1) is 0 Å². The van der Waals surface area contributed by atoms with E-state index >= 15 is 0 Å². The minimum atomic E-state index is -4.16. The van der Waals surface area contributed by atoms with Crippen molar-refractivity contribution in [2.75, 3.05) is 26.3 Å². The number of amides is 1. The van der Waals surface area contributed by atoms with Gasteiger partial charge in [0.05, 0.1) is 19.1 Å². The van der Waals surface area contributed by atoms with Gasteiger partial charge in [-0.1, -0.05) is 6.92 Å². The molecule has 7 heteroatoms. The van der Waals surface area contributed by atoms with Gasteiger partial charge in [-0.2, -0.15) is 13.2 Å². The second kappa shape index (κ2) is 6.94. The maximum atomic E-state index is 11.9. The summed E-state index contributed by atoms with van der Waals surface area (Å²) in [4.78, 5) is 11.7. The number of likely N-dealkylation sites (N-methyl/N-ethyl adjacent to an activating group) is 1. The standard InChI is InChI=1S/C11H19F3N2O2/c1-2-15-9-7-18-6-8(9)10(17)16-5-3-4-11(12,13)14/h8-9,15H,2-7H2,1H3,(H,16,17). The molecule has 0 bridgehead atoms. The highest BCUT2D eigenvalue weighted by molar-refractivity contribution is 5.79. The van der Waals surface area contributed by atoms with Crippen LogP contribution in [0.1, 0.15) is 19.8 Å². The number of hydrogen-bond donors (Lipinski definition) is 2. The Kier molecular flexibility index (Phi) is 5.87. The van der Waals surface area contributed by atoms with Gasteiger partial charge in [-0.05, 0) is 13.0 Å². The zero-order valence-corrected chi connectivity index (χ0v) is 10.3. The summed E-state index contributed by atoms with van der Waals surface area (Å²) in [5, 5.41) is 5.65. The molecule has 0 spiro atoms. The van der Waals surface area contributed by atoms with E-state index in [9.17, 15) is 18.0 Å². The first-order valence-electron chi connectivity index (χ1n) is 6.09. The Balaban J connectivity index is 2.23. The van der Waals surface area contributed by atoms with E-state index in [1.807, 2.05) is 6.92 Å². The SMILES string of the molecule is CCNC1COCC1C(=O)NCCCC(F)(F)F. The zero-order valence-electron chi connectivity index (χ0n) is 10.3. The summed E-state index contributed by atoms with van der Waals surface area (Å²) in [5.74, 6) is -0.545. The van der Waals surface area contributed by atoms with Gasteiger partial charge in [-0.3, -0.25) is 4.79 Å². The first-order chi connectivity index (χ1) is 8.44. The Morgan fingerprint density at radius 3 is 2.72 bits per heavy atom. The van der Waals surface area contributed by atoms with Crippen molar-refractivity contribution in [1.29, 1.82) is 0 Å². The molecule has 4 nitrogen and oxygen atoms in total. The second-order valence-corrected chi connectivity index (χ2v) is 4.32. The lowest BCUT2D eigenvalue weighted by atomic mass is 10.0. The van der Waals surface area contributed by atoms with E-state index in [2.05, 4.69) is 10.6 Å². The van der Waals surface area contributed by atoms with Gasteiger partial charge >= 0.3 is 6.18 Å². The van der Waals surface area contributed by atoms with Crippen LogP contribution >= 0.6 is 0 Å². The van der Waals surface area contributed by atoms with E-state index in [0.717, 1.165) is 6.54 Å². The molecular weight excluding hydrogens is 249 g/mol. The normalized spacial score (nSPS) is 24.2. The Morgan fingerprint density at radius 1 is 1.39 bits per heavy atom. The predicted octanol–water partition coefficient (Wildman–Crippen LogP) is 1.07. The minimum absolute atomic E-state index is 0.0439. The number of rotatable bonds is 6. The number of ether oxygens (including phenoxy) is 1. The van der Waals surface area contributed by atoms with Crippen LogP contribution in [-0.2, 0) is 9.53 Å². The molecule has 0 radical (unpaired) electrons. The Morgan fingerprint density at radius 2 is 2.11 bits per heavy atom. The van der Waals surface area contributed by atoms with Crippen molar-refractivity contribution in [3.8, 4) is 0 Å². The molecule has 18 heavy (non-hydrogen) atoms. The van der Waals surface area contributed by atoms with Crippen LogP contribution in [0.4, 0.5) is 13.2 Å². The van der Waals surface area contributed by atoms with E-state index in [4.69, 9.17) is 4.74 Å². The summed E-state index contributed by atoms with van der Waals surface area (Å²) >= 11 is 0. The third-order valence-electron chi connectivity index (χ3n) is 2.82. The summed E-state index contributed by atoms with van der Waals surface area (Å²) in [7, 11) is 0. The monoisotopic (exact) mass is 268 g/mol. The molecule has 2 N–H and O–H groups in total. The smallest absolute Gasteiger partial charge is 0.379 e. The molecular formula is C11H19F3N2O2. The highest BCUT2D eigenvalue weighted by Gasteiger charge is 2.33. The predicted molar refractivity (Wildman–Crippen MR) is 60.1 cm³/mol. The molecule has 1 saturated heterocycles. The second-order valence-electron chi connectivity index (χ2n) is 4.32. The Labute approximate surface area is 104 Å². The van der Waals surface area contributed by atoms with E-state index in [1.54, 1.807) is 0 Å². The van der Waals surface area contributed by atoms with Crippen LogP contribution in [0.5, 0.6) is 0 Å². The fraction of sp³-hybridized carbons (Fsp3) is 0.909. The van der Waals surface area contributed by atoms with Crippen molar-refractivity contribution in [2.45, 2.75) is 32.0 Å². The first kappa shape index (κ1) is 15.2. The molecule has 1 heterocycles. The number of carbonyl (C=O) groups excluding carboxylic acids is 1. The van der Waals surface area contributed by atoms with Crippen LogP contribution in [-0.4, -0.2) is 44.4 Å². The third-order valence-corrected chi connectivity index (χ3v) is 2.82. The minimum Gasteiger partial charge on any atom is -0.379 e. The van der Waals surface area contributed by atoms with Gasteiger partial charge in [0.1, 0.15) is 0 Å². The lowest BCUT2D eigenvalue weighted by molar-refractivity contribution is -0.136. The highest BCUT2D eigenvalue weighted by Crippen LogP contribution is 2.20. The van der Waals surface area contributed by atoms with Crippen molar-refractivity contribution in [1.82, 2.24) is 10.6 Å². The molecule has 0 aliphatic carbocycles.